The molecule has 0 bridgehead atoms. The van der Waals surface area contributed by atoms with Gasteiger partial charge in [0.25, 0.3) is 6.43 Å². The van der Waals surface area contributed by atoms with E-state index < -0.39 is 12.5 Å². The first kappa shape index (κ1) is 12.8. The minimum Gasteiger partial charge on any atom is -0.387 e. The van der Waals surface area contributed by atoms with Gasteiger partial charge in [0.15, 0.2) is 5.82 Å². The van der Waals surface area contributed by atoms with Crippen LogP contribution in [0, 0.1) is 0 Å². The van der Waals surface area contributed by atoms with Crippen LogP contribution >= 0.6 is 11.8 Å². The van der Waals surface area contributed by atoms with Crippen LogP contribution in [0.5, 0.6) is 0 Å². The van der Waals surface area contributed by atoms with Gasteiger partial charge in [-0.3, -0.25) is 0 Å². The van der Waals surface area contributed by atoms with Gasteiger partial charge in [0.05, 0.1) is 11.7 Å². The zero-order valence-corrected chi connectivity index (χ0v) is 10.00. The summed E-state index contributed by atoms with van der Waals surface area (Å²) in [5.74, 6) is 1.71. The lowest BCUT2D eigenvalue weighted by molar-refractivity contribution is -0.00754. The molecule has 17 heavy (non-hydrogen) atoms. The molecule has 1 aliphatic rings. The summed E-state index contributed by atoms with van der Waals surface area (Å²) >= 11 is 1.76. The van der Waals surface area contributed by atoms with Gasteiger partial charge in [-0.25, -0.2) is 8.78 Å². The summed E-state index contributed by atoms with van der Waals surface area (Å²) in [6.07, 6.45) is -1.50. The van der Waals surface area contributed by atoms with Crippen molar-refractivity contribution in [1.29, 1.82) is 0 Å². The molecule has 1 saturated heterocycles. The molecule has 0 aromatic carbocycles. The van der Waals surface area contributed by atoms with E-state index >= 15 is 0 Å². The van der Waals surface area contributed by atoms with Gasteiger partial charge >= 0.3 is 0 Å². The molecule has 0 amide bonds. The van der Waals surface area contributed by atoms with Crippen molar-refractivity contribution in [2.24, 2.45) is 0 Å². The first-order valence-electron chi connectivity index (χ1n) is 5.57. The maximum absolute atomic E-state index is 12.1. The maximum Gasteiger partial charge on any atom is 0.264 e. The average Bonchev–Trinajstić information content (AvgIpc) is 2.78. The molecule has 1 fully saturated rings. The highest BCUT2D eigenvalue weighted by molar-refractivity contribution is 7.99. The number of aliphatic hydroxyl groups is 1. The van der Waals surface area contributed by atoms with Crippen LogP contribution in [0.25, 0.3) is 0 Å². The summed E-state index contributed by atoms with van der Waals surface area (Å²) < 4.78 is 29.1. The highest BCUT2D eigenvalue weighted by Crippen LogP contribution is 2.36. The first-order chi connectivity index (χ1) is 8.16. The Morgan fingerprint density at radius 2 is 2.29 bits per heavy atom. The molecule has 0 radical (unpaired) electrons. The van der Waals surface area contributed by atoms with E-state index in [9.17, 15) is 8.78 Å². The third-order valence-electron chi connectivity index (χ3n) is 2.63. The number of aliphatic hydroxyl groups excluding tert-OH is 1. The van der Waals surface area contributed by atoms with Gasteiger partial charge in [-0.2, -0.15) is 16.7 Å². The van der Waals surface area contributed by atoms with E-state index in [2.05, 4.69) is 10.1 Å². The van der Waals surface area contributed by atoms with Crippen molar-refractivity contribution in [2.45, 2.75) is 43.5 Å². The Kier molecular flexibility index (Phi) is 4.33. The number of hydrogen-bond donors (Lipinski definition) is 1. The zero-order valence-electron chi connectivity index (χ0n) is 9.18. The Labute approximate surface area is 102 Å². The van der Waals surface area contributed by atoms with E-state index in [1.807, 2.05) is 0 Å². The number of alkyl halides is 2. The van der Waals surface area contributed by atoms with Crippen LogP contribution in [0.3, 0.4) is 0 Å². The first-order valence-corrected chi connectivity index (χ1v) is 6.62. The lowest BCUT2D eigenvalue weighted by Gasteiger charge is -2.17. The summed E-state index contributed by atoms with van der Waals surface area (Å²) in [6, 6.07) is 0. The standard InChI is InChI=1S/C10H14F2N2O2S/c11-9(12)6(15)5-8-13-10(14-16-8)7-3-1-2-4-17-7/h6-7,9,15H,1-5H2. The average molecular weight is 264 g/mol. The Morgan fingerprint density at radius 1 is 1.47 bits per heavy atom. The van der Waals surface area contributed by atoms with Gasteiger partial charge in [-0.1, -0.05) is 11.6 Å². The van der Waals surface area contributed by atoms with Gasteiger partial charge < -0.3 is 9.63 Å². The molecule has 1 N–H and O–H groups in total. The van der Waals surface area contributed by atoms with Gasteiger partial charge in [0.1, 0.15) is 6.10 Å². The predicted molar refractivity (Wildman–Crippen MR) is 59.1 cm³/mol. The van der Waals surface area contributed by atoms with Crippen LogP contribution in [0.15, 0.2) is 4.52 Å². The van der Waals surface area contributed by atoms with Gasteiger partial charge in [-0.05, 0) is 18.6 Å². The summed E-state index contributed by atoms with van der Waals surface area (Å²) in [7, 11) is 0. The minimum absolute atomic E-state index is 0.0824. The summed E-state index contributed by atoms with van der Waals surface area (Å²) in [6.45, 7) is 0. The Morgan fingerprint density at radius 3 is 2.94 bits per heavy atom. The lowest BCUT2D eigenvalue weighted by Crippen LogP contribution is -2.20. The van der Waals surface area contributed by atoms with Crippen LogP contribution in [-0.4, -0.2) is 33.5 Å². The molecule has 0 saturated carbocycles. The second-order valence-electron chi connectivity index (χ2n) is 4.01. The molecule has 2 rings (SSSR count). The predicted octanol–water partition coefficient (Wildman–Crippen LogP) is 2.20. The fraction of sp³-hybridized carbons (Fsp3) is 0.800. The molecule has 7 heteroatoms. The van der Waals surface area contributed by atoms with E-state index in [1.165, 1.54) is 6.42 Å². The monoisotopic (exact) mass is 264 g/mol. The normalized spacial score (nSPS) is 22.9. The molecule has 1 aromatic rings. The smallest absolute Gasteiger partial charge is 0.264 e. The SMILES string of the molecule is OC(Cc1nc(C2CCCCS2)no1)C(F)F. The fourth-order valence-electron chi connectivity index (χ4n) is 1.69. The Hall–Kier alpha value is -0.690. The van der Waals surface area contributed by atoms with Crippen molar-refractivity contribution in [2.75, 3.05) is 5.75 Å². The Balaban J connectivity index is 1.95. The molecule has 2 unspecified atom stereocenters. The van der Waals surface area contributed by atoms with Crippen molar-refractivity contribution < 1.29 is 18.4 Å². The molecular weight excluding hydrogens is 250 g/mol. The van der Waals surface area contributed by atoms with E-state index in [1.54, 1.807) is 11.8 Å². The van der Waals surface area contributed by atoms with E-state index in [-0.39, 0.29) is 17.6 Å². The summed E-state index contributed by atoms with van der Waals surface area (Å²) in [5, 5.41) is 13.0. The Bertz CT molecular complexity index is 356. The molecule has 0 aliphatic carbocycles. The van der Waals surface area contributed by atoms with E-state index in [4.69, 9.17) is 9.63 Å². The number of thioether (sulfide) groups is 1. The topological polar surface area (TPSA) is 59.2 Å². The third kappa shape index (κ3) is 3.38. The molecule has 1 aromatic heterocycles. The number of aromatic nitrogens is 2. The highest BCUT2D eigenvalue weighted by atomic mass is 32.2. The minimum atomic E-state index is -2.78. The van der Waals surface area contributed by atoms with Crippen LogP contribution in [-0.2, 0) is 6.42 Å². The molecule has 0 spiro atoms. The highest BCUT2D eigenvalue weighted by Gasteiger charge is 2.24. The number of halogens is 2. The van der Waals surface area contributed by atoms with Crippen molar-refractivity contribution in [3.05, 3.63) is 11.7 Å². The van der Waals surface area contributed by atoms with Crippen molar-refractivity contribution >= 4 is 11.8 Å². The maximum atomic E-state index is 12.1. The van der Waals surface area contributed by atoms with E-state index in [0.29, 0.717) is 5.82 Å². The third-order valence-corrected chi connectivity index (χ3v) is 4.00. The molecule has 4 nitrogen and oxygen atoms in total. The van der Waals surface area contributed by atoms with Crippen molar-refractivity contribution in [1.82, 2.24) is 10.1 Å². The van der Waals surface area contributed by atoms with Crippen LogP contribution in [0.2, 0.25) is 0 Å². The largest absolute Gasteiger partial charge is 0.387 e. The molecule has 2 heterocycles. The van der Waals surface area contributed by atoms with Gasteiger partial charge in [0, 0.05) is 0 Å². The zero-order chi connectivity index (χ0) is 12.3. The number of nitrogens with zero attached hydrogens (tertiary/aromatic N) is 2. The second kappa shape index (κ2) is 5.77. The molecule has 1 aliphatic heterocycles. The van der Waals surface area contributed by atoms with Gasteiger partial charge in [0.2, 0.25) is 5.89 Å². The van der Waals surface area contributed by atoms with Crippen LogP contribution in [0.4, 0.5) is 8.78 Å². The summed E-state index contributed by atoms with van der Waals surface area (Å²) in [4.78, 5) is 4.06. The lowest BCUT2D eigenvalue weighted by atomic mass is 10.2. The molecule has 2 atom stereocenters. The quantitative estimate of drug-likeness (QED) is 0.903. The van der Waals surface area contributed by atoms with Gasteiger partial charge in [-0.15, -0.1) is 0 Å². The number of hydrogen-bond acceptors (Lipinski definition) is 5. The van der Waals surface area contributed by atoms with Crippen molar-refractivity contribution in [3.8, 4) is 0 Å². The molecule has 96 valence electrons. The molecular formula is C10H14F2N2O2S. The fourth-order valence-corrected chi connectivity index (χ4v) is 2.93. The number of rotatable bonds is 4. The van der Waals surface area contributed by atoms with Crippen LogP contribution < -0.4 is 0 Å². The van der Waals surface area contributed by atoms with Crippen molar-refractivity contribution in [3.63, 3.8) is 0 Å². The second-order valence-corrected chi connectivity index (χ2v) is 5.32. The summed E-state index contributed by atoms with van der Waals surface area (Å²) in [5.41, 5.74) is 0. The van der Waals surface area contributed by atoms with Crippen LogP contribution in [0.1, 0.15) is 36.2 Å². The van der Waals surface area contributed by atoms with E-state index in [0.717, 1.165) is 18.6 Å².